The van der Waals surface area contributed by atoms with Crippen LogP contribution < -0.4 is 4.74 Å². The Morgan fingerprint density at radius 1 is 1.22 bits per heavy atom. The third kappa shape index (κ3) is 2.79. The molecule has 0 saturated heterocycles. The normalized spacial score (nSPS) is 10.2. The van der Waals surface area contributed by atoms with E-state index in [-0.39, 0.29) is 5.78 Å². The van der Waals surface area contributed by atoms with Gasteiger partial charge in [0.2, 0.25) is 0 Å². The van der Waals surface area contributed by atoms with Gasteiger partial charge in [-0.3, -0.25) is 9.78 Å². The lowest BCUT2D eigenvalue weighted by molar-refractivity contribution is 0.103. The molecule has 0 aliphatic rings. The van der Waals surface area contributed by atoms with Crippen LogP contribution in [0.15, 0.2) is 45.6 Å². The summed E-state index contributed by atoms with van der Waals surface area (Å²) in [5.41, 5.74) is 1.08. The van der Waals surface area contributed by atoms with Gasteiger partial charge in [0.25, 0.3) is 0 Å². The lowest BCUT2D eigenvalue weighted by Gasteiger charge is -2.06. The first kappa shape index (κ1) is 13.2. The maximum atomic E-state index is 12.3. The first-order valence-corrected chi connectivity index (χ1v) is 6.69. The molecule has 0 amide bonds. The molecule has 0 aliphatic carbocycles. The van der Waals surface area contributed by atoms with E-state index in [0.717, 1.165) is 8.95 Å². The van der Waals surface area contributed by atoms with Gasteiger partial charge in [-0.25, -0.2) is 0 Å². The van der Waals surface area contributed by atoms with Crippen molar-refractivity contribution in [3.63, 3.8) is 0 Å². The first-order chi connectivity index (χ1) is 8.61. The number of carbonyl (C=O) groups excluding carboxylic acids is 1. The highest BCUT2D eigenvalue weighted by Gasteiger charge is 2.14. The summed E-state index contributed by atoms with van der Waals surface area (Å²) in [7, 11) is 1.54. The second kappa shape index (κ2) is 5.63. The van der Waals surface area contributed by atoms with E-state index in [1.165, 1.54) is 6.20 Å². The molecule has 2 aromatic rings. The average Bonchev–Trinajstić information content (AvgIpc) is 2.41. The Bertz CT molecular complexity index is 599. The van der Waals surface area contributed by atoms with Crippen LogP contribution in [-0.2, 0) is 0 Å². The van der Waals surface area contributed by atoms with Crippen molar-refractivity contribution in [2.75, 3.05) is 7.11 Å². The Morgan fingerprint density at radius 2 is 2.00 bits per heavy atom. The van der Waals surface area contributed by atoms with Gasteiger partial charge in [0.1, 0.15) is 5.75 Å². The molecule has 0 aliphatic heterocycles. The number of ether oxygens (including phenoxy) is 1. The minimum atomic E-state index is -0.102. The van der Waals surface area contributed by atoms with E-state index in [1.807, 2.05) is 12.1 Å². The molecule has 1 heterocycles. The zero-order chi connectivity index (χ0) is 13.1. The van der Waals surface area contributed by atoms with Gasteiger partial charge < -0.3 is 4.74 Å². The van der Waals surface area contributed by atoms with E-state index < -0.39 is 0 Å². The van der Waals surface area contributed by atoms with Crippen LogP contribution in [0.4, 0.5) is 0 Å². The van der Waals surface area contributed by atoms with Crippen LogP contribution in [0, 0.1) is 0 Å². The molecule has 1 aromatic carbocycles. The van der Waals surface area contributed by atoms with Crippen LogP contribution in [0.1, 0.15) is 15.9 Å². The first-order valence-electron chi connectivity index (χ1n) is 5.10. The Morgan fingerprint density at radius 3 is 2.72 bits per heavy atom. The van der Waals surface area contributed by atoms with Gasteiger partial charge in [-0.2, -0.15) is 0 Å². The Labute approximate surface area is 121 Å². The summed E-state index contributed by atoms with van der Waals surface area (Å²) in [4.78, 5) is 16.3. The topological polar surface area (TPSA) is 39.2 Å². The van der Waals surface area contributed by atoms with Crippen molar-refractivity contribution in [3.05, 3.63) is 56.7 Å². The van der Waals surface area contributed by atoms with E-state index in [4.69, 9.17) is 4.74 Å². The number of pyridine rings is 1. The quantitative estimate of drug-likeness (QED) is 0.770. The summed E-state index contributed by atoms with van der Waals surface area (Å²) >= 11 is 6.72. The molecule has 0 fully saturated rings. The summed E-state index contributed by atoms with van der Waals surface area (Å²) in [6, 6.07) is 7.13. The summed E-state index contributed by atoms with van der Waals surface area (Å²) in [5, 5.41) is 0. The molecule has 18 heavy (non-hydrogen) atoms. The molecule has 5 heteroatoms. The van der Waals surface area contributed by atoms with E-state index >= 15 is 0 Å². The van der Waals surface area contributed by atoms with Crippen molar-refractivity contribution in [1.29, 1.82) is 0 Å². The van der Waals surface area contributed by atoms with Crippen molar-refractivity contribution in [1.82, 2.24) is 4.98 Å². The zero-order valence-corrected chi connectivity index (χ0v) is 12.7. The SMILES string of the molecule is COc1cncc(C(=O)c2cc(Br)ccc2Br)c1. The number of rotatable bonds is 3. The molecule has 3 nitrogen and oxygen atoms in total. The number of hydrogen-bond donors (Lipinski definition) is 0. The molecule has 0 spiro atoms. The highest BCUT2D eigenvalue weighted by atomic mass is 79.9. The van der Waals surface area contributed by atoms with Crippen molar-refractivity contribution in [2.45, 2.75) is 0 Å². The standard InChI is InChI=1S/C13H9Br2NO2/c1-18-10-4-8(6-16-7-10)13(17)11-5-9(14)2-3-12(11)15/h2-7H,1H3. The predicted molar refractivity (Wildman–Crippen MR) is 76.1 cm³/mol. The van der Waals surface area contributed by atoms with E-state index in [9.17, 15) is 4.79 Å². The third-order valence-corrected chi connectivity index (χ3v) is 3.57. The molecule has 0 saturated carbocycles. The maximum Gasteiger partial charge on any atom is 0.195 e. The van der Waals surface area contributed by atoms with Crippen LogP contribution in [-0.4, -0.2) is 17.9 Å². The van der Waals surface area contributed by atoms with Gasteiger partial charge in [0.05, 0.1) is 13.3 Å². The van der Waals surface area contributed by atoms with Gasteiger partial charge in [-0.05, 0) is 24.3 Å². The molecule has 0 atom stereocenters. The minimum absolute atomic E-state index is 0.102. The molecular weight excluding hydrogens is 362 g/mol. The van der Waals surface area contributed by atoms with E-state index in [2.05, 4.69) is 36.8 Å². The summed E-state index contributed by atoms with van der Waals surface area (Å²) in [5.74, 6) is 0.460. The molecular formula is C13H9Br2NO2. The van der Waals surface area contributed by atoms with Gasteiger partial charge in [0.15, 0.2) is 5.78 Å². The Kier molecular flexibility index (Phi) is 4.14. The van der Waals surface area contributed by atoms with Crippen molar-refractivity contribution in [3.8, 4) is 5.75 Å². The summed E-state index contributed by atoms with van der Waals surface area (Å²) < 4.78 is 6.66. The lowest BCUT2D eigenvalue weighted by Crippen LogP contribution is -2.03. The highest BCUT2D eigenvalue weighted by molar-refractivity contribution is 9.11. The molecule has 1 aromatic heterocycles. The van der Waals surface area contributed by atoms with Crippen molar-refractivity contribution >= 4 is 37.6 Å². The van der Waals surface area contributed by atoms with Crippen LogP contribution in [0.3, 0.4) is 0 Å². The number of nitrogens with zero attached hydrogens (tertiary/aromatic N) is 1. The minimum Gasteiger partial charge on any atom is -0.495 e. The predicted octanol–water partition coefficient (Wildman–Crippen LogP) is 3.85. The second-order valence-corrected chi connectivity index (χ2v) is 5.34. The number of benzene rings is 1. The van der Waals surface area contributed by atoms with Gasteiger partial charge in [-0.1, -0.05) is 31.9 Å². The van der Waals surface area contributed by atoms with Crippen molar-refractivity contribution < 1.29 is 9.53 Å². The molecule has 2 rings (SSSR count). The zero-order valence-electron chi connectivity index (χ0n) is 9.48. The Balaban J connectivity index is 2.44. The van der Waals surface area contributed by atoms with Crippen molar-refractivity contribution in [2.24, 2.45) is 0 Å². The molecule has 0 radical (unpaired) electrons. The molecule has 92 valence electrons. The fourth-order valence-corrected chi connectivity index (χ4v) is 2.27. The van der Waals surface area contributed by atoms with Crippen LogP contribution >= 0.6 is 31.9 Å². The average molecular weight is 371 g/mol. The Hall–Kier alpha value is -1.20. The third-order valence-electron chi connectivity index (χ3n) is 2.38. The number of hydrogen-bond acceptors (Lipinski definition) is 3. The molecule has 0 N–H and O–H groups in total. The number of methoxy groups -OCH3 is 1. The van der Waals surface area contributed by atoms with E-state index in [0.29, 0.717) is 16.9 Å². The fourth-order valence-electron chi connectivity index (χ4n) is 1.48. The number of carbonyl (C=O) groups is 1. The summed E-state index contributed by atoms with van der Waals surface area (Å²) in [6.45, 7) is 0. The number of ketones is 1. The largest absolute Gasteiger partial charge is 0.495 e. The van der Waals surface area contributed by atoms with Gasteiger partial charge in [-0.15, -0.1) is 0 Å². The maximum absolute atomic E-state index is 12.3. The van der Waals surface area contributed by atoms with Gasteiger partial charge >= 0.3 is 0 Å². The van der Waals surface area contributed by atoms with Crippen LogP contribution in [0.2, 0.25) is 0 Å². The van der Waals surface area contributed by atoms with Crippen LogP contribution in [0.25, 0.3) is 0 Å². The number of aromatic nitrogens is 1. The molecule has 0 bridgehead atoms. The molecule has 0 unspecified atom stereocenters. The van der Waals surface area contributed by atoms with Crippen LogP contribution in [0.5, 0.6) is 5.75 Å². The monoisotopic (exact) mass is 369 g/mol. The van der Waals surface area contributed by atoms with Gasteiger partial charge in [0, 0.05) is 26.3 Å². The lowest BCUT2D eigenvalue weighted by atomic mass is 10.1. The highest BCUT2D eigenvalue weighted by Crippen LogP contribution is 2.24. The second-order valence-electron chi connectivity index (χ2n) is 3.57. The smallest absolute Gasteiger partial charge is 0.195 e. The summed E-state index contributed by atoms with van der Waals surface area (Å²) in [6.07, 6.45) is 3.09. The van der Waals surface area contributed by atoms with E-state index in [1.54, 1.807) is 25.4 Å². The number of halogens is 2. The fraction of sp³-hybridized carbons (Fsp3) is 0.0769.